The number of para-hydroxylation sites is 2. The molecular formula is C25H26N2O2. The van der Waals surface area contributed by atoms with Crippen molar-refractivity contribution in [3.8, 4) is 5.75 Å². The maximum absolute atomic E-state index is 12.5. The number of hydrogen-bond acceptors (Lipinski definition) is 3. The summed E-state index contributed by atoms with van der Waals surface area (Å²) >= 11 is 0. The van der Waals surface area contributed by atoms with E-state index in [1.54, 1.807) is 0 Å². The topological polar surface area (TPSA) is 41.6 Å². The Morgan fingerprint density at radius 2 is 1.90 bits per heavy atom. The van der Waals surface area contributed by atoms with Crippen LogP contribution in [-0.2, 0) is 10.2 Å². The molecule has 0 spiro atoms. The zero-order valence-electron chi connectivity index (χ0n) is 17.1. The van der Waals surface area contributed by atoms with Gasteiger partial charge in [-0.1, -0.05) is 56.3 Å². The number of nitrogens with zero attached hydrogens (tertiary/aromatic N) is 1. The Balaban J connectivity index is 1.60. The molecule has 3 heterocycles. The number of carbonyl (C=O) groups is 1. The summed E-state index contributed by atoms with van der Waals surface area (Å²) in [7, 11) is 0. The molecule has 2 aromatic carbocycles. The number of ether oxygens (including phenoxy) is 1. The third kappa shape index (κ3) is 2.55. The van der Waals surface area contributed by atoms with Gasteiger partial charge < -0.3 is 15.0 Å². The number of hydrogen-bond donors (Lipinski definition) is 1. The minimum Gasteiger partial charge on any atom is -0.485 e. The molecule has 4 heteroatoms. The molecule has 3 aliphatic heterocycles. The van der Waals surface area contributed by atoms with Gasteiger partial charge >= 0.3 is 0 Å². The summed E-state index contributed by atoms with van der Waals surface area (Å²) in [5, 5.41) is 3.33. The van der Waals surface area contributed by atoms with Crippen LogP contribution in [0.3, 0.4) is 0 Å². The van der Waals surface area contributed by atoms with Crippen molar-refractivity contribution in [3.05, 3.63) is 77.4 Å². The zero-order valence-corrected chi connectivity index (χ0v) is 17.1. The molecule has 1 fully saturated rings. The van der Waals surface area contributed by atoms with Gasteiger partial charge in [-0.2, -0.15) is 0 Å². The average Bonchev–Trinajstić information content (AvgIpc) is 2.90. The van der Waals surface area contributed by atoms with Crippen LogP contribution in [0.5, 0.6) is 5.75 Å². The van der Waals surface area contributed by atoms with Crippen LogP contribution in [0.2, 0.25) is 0 Å². The number of anilines is 1. The third-order valence-electron chi connectivity index (χ3n) is 6.67. The SMILES string of the molecule is C[C@@H]1Oc2ccccc2C=C1/C=C/[C@]12NC(=O)CCN1c1ccccc1C2(C)C. The minimum absolute atomic E-state index is 0.0443. The molecule has 0 unspecified atom stereocenters. The first-order valence-electron chi connectivity index (χ1n) is 10.3. The monoisotopic (exact) mass is 386 g/mol. The van der Waals surface area contributed by atoms with Crippen LogP contribution in [0.1, 0.15) is 38.3 Å². The lowest BCUT2D eigenvalue weighted by Gasteiger charge is -2.49. The standard InChI is InChI=1S/C25H26N2O2/c1-17-18(16-19-8-4-7-11-22(19)29-17)12-14-25-24(2,3)20-9-5-6-10-21(20)27(25)15-13-23(28)26-25/h4-12,14,16-17H,13,15H2,1-3H3,(H,26,28)/b14-12+/t17-,25-/m0/s1. The highest BCUT2D eigenvalue weighted by Crippen LogP contribution is 2.52. The fraction of sp³-hybridized carbons (Fsp3) is 0.320. The second-order valence-corrected chi connectivity index (χ2v) is 8.63. The molecule has 0 aromatic heterocycles. The van der Waals surface area contributed by atoms with Crippen LogP contribution >= 0.6 is 0 Å². The van der Waals surface area contributed by atoms with E-state index in [0.29, 0.717) is 13.0 Å². The van der Waals surface area contributed by atoms with Crippen molar-refractivity contribution >= 4 is 17.7 Å². The first-order valence-corrected chi connectivity index (χ1v) is 10.3. The van der Waals surface area contributed by atoms with Crippen LogP contribution in [0.4, 0.5) is 5.69 Å². The van der Waals surface area contributed by atoms with Crippen LogP contribution in [0, 0.1) is 0 Å². The highest BCUT2D eigenvalue weighted by atomic mass is 16.5. The predicted octanol–water partition coefficient (Wildman–Crippen LogP) is 4.42. The molecule has 0 bridgehead atoms. The summed E-state index contributed by atoms with van der Waals surface area (Å²) in [6.07, 6.45) is 6.95. The summed E-state index contributed by atoms with van der Waals surface area (Å²) in [6.45, 7) is 7.21. The Bertz CT molecular complexity index is 1050. The Morgan fingerprint density at radius 3 is 2.76 bits per heavy atom. The normalized spacial score (nSPS) is 26.9. The number of nitrogens with one attached hydrogen (secondary N) is 1. The lowest BCUT2D eigenvalue weighted by Crippen LogP contribution is -2.68. The van der Waals surface area contributed by atoms with E-state index in [1.807, 2.05) is 18.2 Å². The number of fused-ring (bicyclic) bond motifs is 4. The number of amides is 1. The van der Waals surface area contributed by atoms with Gasteiger partial charge in [-0.25, -0.2) is 0 Å². The molecule has 0 radical (unpaired) electrons. The van der Waals surface area contributed by atoms with Crippen molar-refractivity contribution in [2.75, 3.05) is 11.4 Å². The summed E-state index contributed by atoms with van der Waals surface area (Å²) in [4.78, 5) is 14.9. The first-order chi connectivity index (χ1) is 13.9. The van der Waals surface area contributed by atoms with E-state index in [2.05, 4.69) is 79.5 Å². The molecule has 29 heavy (non-hydrogen) atoms. The van der Waals surface area contributed by atoms with Gasteiger partial charge in [0.25, 0.3) is 0 Å². The van der Waals surface area contributed by atoms with Gasteiger partial charge in [0.05, 0.1) is 0 Å². The van der Waals surface area contributed by atoms with Crippen molar-refractivity contribution in [2.24, 2.45) is 0 Å². The summed E-state index contributed by atoms with van der Waals surface area (Å²) in [6, 6.07) is 16.6. The zero-order chi connectivity index (χ0) is 20.2. The van der Waals surface area contributed by atoms with Gasteiger partial charge in [-0.05, 0) is 42.3 Å². The van der Waals surface area contributed by atoms with E-state index < -0.39 is 5.66 Å². The largest absolute Gasteiger partial charge is 0.485 e. The van der Waals surface area contributed by atoms with E-state index in [-0.39, 0.29) is 17.4 Å². The van der Waals surface area contributed by atoms with E-state index >= 15 is 0 Å². The summed E-state index contributed by atoms with van der Waals surface area (Å²) < 4.78 is 6.11. The molecule has 0 saturated carbocycles. The van der Waals surface area contributed by atoms with Gasteiger partial charge in [0.15, 0.2) is 0 Å². The molecule has 1 saturated heterocycles. The molecule has 5 rings (SSSR count). The Morgan fingerprint density at radius 1 is 1.14 bits per heavy atom. The number of carbonyl (C=O) groups excluding carboxylic acids is 1. The molecule has 3 aliphatic rings. The van der Waals surface area contributed by atoms with Crippen LogP contribution in [-0.4, -0.2) is 24.2 Å². The van der Waals surface area contributed by atoms with Crippen molar-refractivity contribution in [1.82, 2.24) is 5.32 Å². The smallest absolute Gasteiger partial charge is 0.223 e. The fourth-order valence-corrected chi connectivity index (χ4v) is 4.98. The van der Waals surface area contributed by atoms with E-state index in [4.69, 9.17) is 4.74 Å². The minimum atomic E-state index is -0.594. The van der Waals surface area contributed by atoms with Crippen molar-refractivity contribution in [2.45, 2.75) is 44.4 Å². The Labute approximate surface area is 171 Å². The third-order valence-corrected chi connectivity index (χ3v) is 6.67. The van der Waals surface area contributed by atoms with Gasteiger partial charge in [-0.3, -0.25) is 4.79 Å². The van der Waals surface area contributed by atoms with Crippen molar-refractivity contribution in [1.29, 1.82) is 0 Å². The van der Waals surface area contributed by atoms with Crippen LogP contribution in [0.25, 0.3) is 6.08 Å². The first kappa shape index (κ1) is 18.0. The van der Waals surface area contributed by atoms with E-state index in [1.165, 1.54) is 11.3 Å². The molecule has 2 aromatic rings. The molecular weight excluding hydrogens is 360 g/mol. The quantitative estimate of drug-likeness (QED) is 0.831. The maximum atomic E-state index is 12.5. The number of rotatable bonds is 2. The van der Waals surface area contributed by atoms with Gasteiger partial charge in [0.2, 0.25) is 5.91 Å². The average molecular weight is 386 g/mol. The van der Waals surface area contributed by atoms with E-state index in [0.717, 1.165) is 16.9 Å². The van der Waals surface area contributed by atoms with Crippen molar-refractivity contribution in [3.63, 3.8) is 0 Å². The summed E-state index contributed by atoms with van der Waals surface area (Å²) in [5.74, 6) is 1.01. The molecule has 1 N–H and O–H groups in total. The Hall–Kier alpha value is -3.01. The molecule has 1 amide bonds. The lowest BCUT2D eigenvalue weighted by molar-refractivity contribution is -0.124. The molecule has 0 aliphatic carbocycles. The van der Waals surface area contributed by atoms with E-state index in [9.17, 15) is 4.79 Å². The maximum Gasteiger partial charge on any atom is 0.223 e. The van der Waals surface area contributed by atoms with Crippen LogP contribution in [0.15, 0.2) is 66.3 Å². The highest BCUT2D eigenvalue weighted by Gasteiger charge is 2.57. The van der Waals surface area contributed by atoms with Gasteiger partial charge in [0, 0.05) is 29.6 Å². The summed E-state index contributed by atoms with van der Waals surface area (Å²) in [5.41, 5.74) is 3.79. The van der Waals surface area contributed by atoms with Crippen LogP contribution < -0.4 is 15.0 Å². The highest BCUT2D eigenvalue weighted by molar-refractivity contribution is 5.84. The molecule has 2 atom stereocenters. The molecule has 4 nitrogen and oxygen atoms in total. The number of benzene rings is 2. The lowest BCUT2D eigenvalue weighted by atomic mass is 9.74. The second-order valence-electron chi connectivity index (χ2n) is 8.63. The predicted molar refractivity (Wildman–Crippen MR) is 116 cm³/mol. The Kier molecular flexibility index (Phi) is 3.89. The van der Waals surface area contributed by atoms with Gasteiger partial charge in [0.1, 0.15) is 17.5 Å². The second kappa shape index (κ2) is 6.24. The molecule has 148 valence electrons. The fourth-order valence-electron chi connectivity index (χ4n) is 4.98. The van der Waals surface area contributed by atoms with Crippen molar-refractivity contribution < 1.29 is 9.53 Å². The van der Waals surface area contributed by atoms with Gasteiger partial charge in [-0.15, -0.1) is 0 Å².